The number of imide groups is 1. The summed E-state index contributed by atoms with van der Waals surface area (Å²) in [7, 11) is -8.98. The second-order valence-corrected chi connectivity index (χ2v) is 37.5. The van der Waals surface area contributed by atoms with E-state index in [1.165, 1.54) is 47.3 Å². The van der Waals surface area contributed by atoms with Gasteiger partial charge in [-0.3, -0.25) is 57.5 Å². The van der Waals surface area contributed by atoms with E-state index in [1.54, 1.807) is 38.2 Å². The average molecular weight is 1720 g/mol. The lowest BCUT2D eigenvalue weighted by Crippen LogP contribution is -2.64. The van der Waals surface area contributed by atoms with Crippen LogP contribution in [0.4, 0.5) is 21.4 Å². The molecule has 14 rings (SSSR count). The van der Waals surface area contributed by atoms with Crippen molar-refractivity contribution >= 4 is 112 Å². The summed E-state index contributed by atoms with van der Waals surface area (Å²) in [6.45, 7) is 10.8. The van der Waals surface area contributed by atoms with Crippen LogP contribution in [0.2, 0.25) is 0 Å². The summed E-state index contributed by atoms with van der Waals surface area (Å²) in [4.78, 5) is 135. The van der Waals surface area contributed by atoms with Gasteiger partial charge in [0, 0.05) is 79.5 Å². The predicted octanol–water partition coefficient (Wildman–Crippen LogP) is 5.42. The number of aliphatic hydroxyl groups is 3. The number of nitrogens with zero attached hydrogens (tertiary/aromatic N) is 10. The van der Waals surface area contributed by atoms with Crippen LogP contribution in [-0.4, -0.2) is 235 Å². The normalized spacial score (nSPS) is 24.0. The maximum Gasteiger partial charge on any atom is 0.410 e. The number of carboxylic acid groups (broad SMARTS) is 2. The van der Waals surface area contributed by atoms with Gasteiger partial charge in [0.15, 0.2) is 16.9 Å². The van der Waals surface area contributed by atoms with Crippen molar-refractivity contribution in [2.75, 3.05) is 53.3 Å². The molecule has 7 aromatic rings. The Kier molecular flexibility index (Phi) is 25.4. The third kappa shape index (κ3) is 19.9. The highest BCUT2D eigenvalue weighted by Crippen LogP contribution is 2.72. The zero-order valence-electron chi connectivity index (χ0n) is 66.6. The van der Waals surface area contributed by atoms with Crippen LogP contribution in [0.1, 0.15) is 153 Å². The molecule has 2 unspecified atom stereocenters. The molecule has 11 N–H and O–H groups in total. The monoisotopic (exact) mass is 1720 g/mol. The summed E-state index contributed by atoms with van der Waals surface area (Å²) < 4.78 is 89.1. The van der Waals surface area contributed by atoms with E-state index >= 15 is 0 Å². The second kappa shape index (κ2) is 34.9. The van der Waals surface area contributed by atoms with E-state index in [2.05, 4.69) is 50.4 Å². The number of aromatic carboxylic acids is 1. The molecule has 0 spiro atoms. The third-order valence-corrected chi connectivity index (χ3v) is 25.8. The molecule has 7 aliphatic rings. The molecule has 40 heteroatoms. The van der Waals surface area contributed by atoms with E-state index in [0.717, 1.165) is 68.3 Å². The Hall–Kier alpha value is -10.6. The summed E-state index contributed by atoms with van der Waals surface area (Å²) in [6, 6.07) is 17.1. The lowest BCUT2D eigenvalue weighted by molar-refractivity contribution is -0.248. The molecule has 3 aliphatic heterocycles. The van der Waals surface area contributed by atoms with E-state index in [9.17, 15) is 94.6 Å². The molecule has 642 valence electrons. The number of hydrogen-bond donors (Lipinski definition) is 11. The lowest BCUT2D eigenvalue weighted by Gasteiger charge is -2.69. The topological polar surface area (TPSA) is 523 Å². The molecule has 10 atom stereocenters. The quantitative estimate of drug-likeness (QED) is 0.0177. The first-order valence-electron chi connectivity index (χ1n) is 39.3. The average Bonchev–Trinajstić information content (AvgIpc) is 1.13. The smallest absolute Gasteiger partial charge is 0.410 e. The Morgan fingerprint density at radius 3 is 2.20 bits per heavy atom. The number of carboxylic acids is 2. The molecule has 4 aliphatic carbocycles. The summed E-state index contributed by atoms with van der Waals surface area (Å²) in [5.74, 6) is -8.87. The number of carbonyl (C=O) groups is 9. The number of amides is 7. The number of aryl methyl sites for hydroxylation is 2. The Bertz CT molecular complexity index is 5370. The number of rotatable bonds is 34. The van der Waals surface area contributed by atoms with Crippen LogP contribution in [0.15, 0.2) is 97.3 Å². The van der Waals surface area contributed by atoms with E-state index in [-0.39, 0.29) is 83.7 Å². The summed E-state index contributed by atoms with van der Waals surface area (Å²) >= 11 is 1.38. The predicted molar refractivity (Wildman–Crippen MR) is 431 cm³/mol. The SMILES string of the molecule is Cc1c(-c2ccc(N3CCc4cccc(C(=O)Nc5nc6ccccc6s5)c4C3)nc2C(=O)O)cnn1CC12CC3(C)CC(C)(C1)CC(OCCN(CCS(=O)(=O)O)C(=O)OCc1ccc(NC(=O)[C@H](C)NC(=O)[C@@H](NC(=O)C[C@@H](c4cn(CCCS(=O)(=O)O)nn4)N4C(=O)C=CC4=O)C(C)C)cc1CC[C@@H]1O[C@H](C(=O)O)[C@H](O)[C@@H](O)[C@H]1O)(C3)C2. The fourth-order valence-electron chi connectivity index (χ4n) is 18.9. The first-order chi connectivity index (χ1) is 56.6. The number of ether oxygens (including phenoxy) is 3. The van der Waals surface area contributed by atoms with Gasteiger partial charge in [-0.05, 0) is 165 Å². The number of nitrogens with one attached hydrogen (secondary N) is 4. The number of benzene rings is 3. The molecule has 37 nitrogen and oxygen atoms in total. The van der Waals surface area contributed by atoms with Gasteiger partial charge in [-0.2, -0.15) is 21.9 Å². The lowest BCUT2D eigenvalue weighted by atomic mass is 9.39. The number of carbonyl (C=O) groups excluding carboxylic acids is 7. The number of para-hydroxylation sites is 1. The van der Waals surface area contributed by atoms with Gasteiger partial charge in [0.2, 0.25) is 17.7 Å². The highest BCUT2D eigenvalue weighted by atomic mass is 32.2. The molecule has 120 heavy (non-hydrogen) atoms. The Labute approximate surface area is 693 Å². The van der Waals surface area contributed by atoms with Gasteiger partial charge in [-0.1, -0.05) is 74.6 Å². The largest absolute Gasteiger partial charge is 0.479 e. The van der Waals surface area contributed by atoms with Gasteiger partial charge in [0.05, 0.1) is 64.9 Å². The molecule has 1 saturated heterocycles. The Morgan fingerprint density at radius 1 is 0.783 bits per heavy atom. The van der Waals surface area contributed by atoms with Gasteiger partial charge >= 0.3 is 18.0 Å². The van der Waals surface area contributed by atoms with E-state index < -0.39 is 159 Å². The van der Waals surface area contributed by atoms with Crippen molar-refractivity contribution in [3.63, 3.8) is 0 Å². The maximum absolute atomic E-state index is 14.4. The van der Waals surface area contributed by atoms with Crippen molar-refractivity contribution in [3.05, 3.63) is 142 Å². The van der Waals surface area contributed by atoms with Crippen LogP contribution in [0.5, 0.6) is 0 Å². The second-order valence-electron chi connectivity index (χ2n) is 33.4. The van der Waals surface area contributed by atoms with Crippen LogP contribution in [0.25, 0.3) is 21.3 Å². The van der Waals surface area contributed by atoms with Crippen molar-refractivity contribution < 1.29 is 109 Å². The number of anilines is 3. The first-order valence-corrected chi connectivity index (χ1v) is 43.3. The number of fused-ring (bicyclic) bond motifs is 2. The van der Waals surface area contributed by atoms with Crippen molar-refractivity contribution in [2.45, 2.75) is 193 Å². The van der Waals surface area contributed by atoms with Gasteiger partial charge < -0.3 is 65.5 Å². The fourth-order valence-corrected chi connectivity index (χ4v) is 20.7. The minimum absolute atomic E-state index is 0.0350. The van der Waals surface area contributed by atoms with Crippen molar-refractivity contribution in [3.8, 4) is 11.1 Å². The summed E-state index contributed by atoms with van der Waals surface area (Å²) in [5.41, 5.74) is 3.65. The zero-order chi connectivity index (χ0) is 86.3. The molecule has 7 amide bonds. The molecule has 5 fully saturated rings. The van der Waals surface area contributed by atoms with Gasteiger partial charge in [0.25, 0.3) is 38.0 Å². The number of aliphatic hydroxyl groups excluding tert-OH is 3. The Morgan fingerprint density at radius 2 is 1.51 bits per heavy atom. The van der Waals surface area contributed by atoms with Gasteiger partial charge in [-0.25, -0.2) is 24.4 Å². The molecule has 0 radical (unpaired) electrons. The van der Waals surface area contributed by atoms with Gasteiger partial charge in [0.1, 0.15) is 48.5 Å². The minimum atomic E-state index is -4.67. The molecular weight excluding hydrogens is 1620 g/mol. The molecule has 7 heterocycles. The zero-order valence-corrected chi connectivity index (χ0v) is 69.1. The number of hydrogen-bond acceptors (Lipinski definition) is 26. The number of aliphatic carboxylic acids is 1. The van der Waals surface area contributed by atoms with Crippen LogP contribution >= 0.6 is 11.3 Å². The molecule has 4 bridgehead atoms. The summed E-state index contributed by atoms with van der Waals surface area (Å²) in [6.07, 6.45) is -1.20. The minimum Gasteiger partial charge on any atom is -0.479 e. The molecular formula is C80H96N14O23S3. The third-order valence-electron chi connectivity index (χ3n) is 23.3. The van der Waals surface area contributed by atoms with Crippen LogP contribution < -0.4 is 26.2 Å². The van der Waals surface area contributed by atoms with Crippen LogP contribution in [0, 0.1) is 29.1 Å². The number of aromatic nitrogens is 7. The molecule has 3 aromatic carbocycles. The number of pyridine rings is 1. The van der Waals surface area contributed by atoms with Crippen molar-refractivity contribution in [1.82, 2.24) is 55.2 Å². The highest BCUT2D eigenvalue weighted by molar-refractivity contribution is 7.86. The molecule has 4 aromatic heterocycles. The molecule has 4 saturated carbocycles. The maximum atomic E-state index is 14.4. The van der Waals surface area contributed by atoms with Crippen LogP contribution in [0.3, 0.4) is 0 Å². The van der Waals surface area contributed by atoms with E-state index in [0.29, 0.717) is 78.5 Å². The van der Waals surface area contributed by atoms with Crippen LogP contribution in [-0.2, 0) is 102 Å². The Balaban J connectivity index is 0.669. The first kappa shape index (κ1) is 87.3. The standard InChI is InChI=1S/C80H96N14O23S3/c1-44(2)64(86-61(95)32-57(94-62(96)21-22-63(94)97)56-35-92(89-88-56)24-10-29-119(109,110)111)72(103)82-45(3)70(101)83-50-17-15-49(48(31-50)16-19-58-66(98)67(99)68(100)69(117-58)74(106)107)36-115-76(108)90(27-30-120(112,113)114)26-28-116-80-40-77(5)37-78(6,41-80)39-79(38-77,42-80)43-93-46(4)53(33-81-93)51-18-20-60(85-65(51)73(104)105)91-25-23-47-11-9-12-52(54(47)34-91)71(102)87-75-84-55-13-7-8-14-59(55)118-75/h7-9,11-15,17-18,20-22,31,33,35,44-45,57-58,64,66-69,98-100H,10,16,19,23-30,32,34,36-43H2,1-6H3,(H,82,103)(H,83,101)(H,86,95)(H,104,105)(H,106,107)(H,84,87,102)(H,109,110,111)(H,112,113,114)/t45-,57-,58-,64-,66-,67-,68+,69-,77?,78?,79?,80?/m0/s1. The van der Waals surface area contributed by atoms with Crippen molar-refractivity contribution in [1.29, 1.82) is 0 Å². The van der Waals surface area contributed by atoms with E-state index in [1.807, 2.05) is 52.9 Å². The van der Waals surface area contributed by atoms with Crippen molar-refractivity contribution in [2.24, 2.45) is 22.2 Å². The fraction of sp³-hybridized carbons (Fsp3) is 0.500. The number of thiazole rings is 1. The highest BCUT2D eigenvalue weighted by Gasteiger charge is 2.66. The van der Waals surface area contributed by atoms with Gasteiger partial charge in [-0.15, -0.1) is 5.10 Å². The van der Waals surface area contributed by atoms with E-state index in [4.69, 9.17) is 24.3 Å². The summed E-state index contributed by atoms with van der Waals surface area (Å²) in [5, 5.41) is 77.1.